The van der Waals surface area contributed by atoms with Gasteiger partial charge in [0.25, 0.3) is 0 Å². The number of phenols is 1. The molecule has 1 heterocycles. The molecule has 1 aliphatic rings. The van der Waals surface area contributed by atoms with Crippen LogP contribution in [0.3, 0.4) is 0 Å². The van der Waals surface area contributed by atoms with E-state index in [4.69, 9.17) is 6.42 Å². The lowest BCUT2D eigenvalue weighted by atomic mass is 9.96. The van der Waals surface area contributed by atoms with Crippen molar-refractivity contribution in [3.63, 3.8) is 0 Å². The standard InChI is InChI=1S/C15H17N3O4/c1-2-7-17-8-5-11(6-9-17)15(20)16-12-3-4-14(19)13(10-12)18(21)22/h1,3-4,10-11,19H,5-9H2,(H,16,20). The number of amides is 1. The van der Waals surface area contributed by atoms with Crippen molar-refractivity contribution in [3.05, 3.63) is 28.3 Å². The molecule has 22 heavy (non-hydrogen) atoms. The fourth-order valence-electron chi connectivity index (χ4n) is 2.47. The van der Waals surface area contributed by atoms with Crippen LogP contribution in [0.25, 0.3) is 0 Å². The SMILES string of the molecule is C#CCN1CCC(C(=O)Nc2ccc(O)c([N+](=O)[O-])c2)CC1. The van der Waals surface area contributed by atoms with Crippen LogP contribution in [0.15, 0.2) is 18.2 Å². The zero-order valence-corrected chi connectivity index (χ0v) is 12.0. The largest absolute Gasteiger partial charge is 0.502 e. The average Bonchev–Trinajstić information content (AvgIpc) is 2.50. The van der Waals surface area contributed by atoms with Crippen LogP contribution in [-0.4, -0.2) is 40.5 Å². The molecule has 1 amide bonds. The molecule has 0 saturated carbocycles. The number of terminal acetylenes is 1. The third kappa shape index (κ3) is 3.74. The summed E-state index contributed by atoms with van der Waals surface area (Å²) < 4.78 is 0. The van der Waals surface area contributed by atoms with Gasteiger partial charge in [-0.3, -0.25) is 19.8 Å². The Bertz CT molecular complexity index is 616. The molecule has 0 unspecified atom stereocenters. The Kier molecular flexibility index (Phi) is 4.96. The number of nitrogens with zero attached hydrogens (tertiary/aromatic N) is 2. The molecule has 1 aromatic carbocycles. The summed E-state index contributed by atoms with van der Waals surface area (Å²) in [6.07, 6.45) is 6.66. The number of nitrogens with one attached hydrogen (secondary N) is 1. The Morgan fingerprint density at radius 2 is 2.18 bits per heavy atom. The maximum atomic E-state index is 12.2. The van der Waals surface area contributed by atoms with E-state index in [1.54, 1.807) is 0 Å². The summed E-state index contributed by atoms with van der Waals surface area (Å²) in [5.74, 6) is 1.85. The number of likely N-dealkylation sites (tertiary alicyclic amines) is 1. The molecule has 7 nitrogen and oxygen atoms in total. The molecule has 0 atom stereocenters. The summed E-state index contributed by atoms with van der Waals surface area (Å²) >= 11 is 0. The number of nitro groups is 1. The predicted molar refractivity (Wildman–Crippen MR) is 81.4 cm³/mol. The molecule has 2 rings (SSSR count). The molecule has 7 heteroatoms. The molecule has 0 bridgehead atoms. The molecule has 0 spiro atoms. The van der Waals surface area contributed by atoms with Gasteiger partial charge >= 0.3 is 5.69 Å². The number of benzene rings is 1. The van der Waals surface area contributed by atoms with Crippen molar-refractivity contribution in [2.75, 3.05) is 25.0 Å². The quantitative estimate of drug-likeness (QED) is 0.381. The Morgan fingerprint density at radius 1 is 1.50 bits per heavy atom. The lowest BCUT2D eigenvalue weighted by Crippen LogP contribution is -2.38. The summed E-state index contributed by atoms with van der Waals surface area (Å²) in [5.41, 5.74) is -0.123. The Balaban J connectivity index is 1.97. The van der Waals surface area contributed by atoms with E-state index in [9.17, 15) is 20.0 Å². The molecule has 1 aliphatic heterocycles. The van der Waals surface area contributed by atoms with E-state index in [1.165, 1.54) is 12.1 Å². The molecule has 0 radical (unpaired) electrons. The summed E-state index contributed by atoms with van der Waals surface area (Å²) in [7, 11) is 0. The number of rotatable bonds is 4. The predicted octanol–water partition coefficient (Wildman–Crippen LogP) is 1.58. The summed E-state index contributed by atoms with van der Waals surface area (Å²) in [5, 5.41) is 22.8. The fraction of sp³-hybridized carbons (Fsp3) is 0.400. The topological polar surface area (TPSA) is 95.7 Å². The molecular weight excluding hydrogens is 286 g/mol. The smallest absolute Gasteiger partial charge is 0.312 e. The molecular formula is C15H17N3O4. The minimum Gasteiger partial charge on any atom is -0.502 e. The Labute approximate surface area is 128 Å². The zero-order chi connectivity index (χ0) is 16.1. The van der Waals surface area contributed by atoms with E-state index in [-0.39, 0.29) is 11.8 Å². The number of carbonyl (C=O) groups is 1. The van der Waals surface area contributed by atoms with Crippen molar-refractivity contribution in [1.29, 1.82) is 0 Å². The van der Waals surface area contributed by atoms with Crippen molar-refractivity contribution in [2.45, 2.75) is 12.8 Å². The van der Waals surface area contributed by atoms with Crippen LogP contribution in [0.2, 0.25) is 0 Å². The van der Waals surface area contributed by atoms with Gasteiger partial charge in [-0.1, -0.05) is 5.92 Å². The first-order valence-corrected chi connectivity index (χ1v) is 6.95. The van der Waals surface area contributed by atoms with E-state index in [0.717, 1.165) is 19.2 Å². The van der Waals surface area contributed by atoms with E-state index < -0.39 is 16.4 Å². The number of phenolic OH excluding ortho intramolecular Hbond substituents is 1. The van der Waals surface area contributed by atoms with Gasteiger partial charge in [0, 0.05) is 17.7 Å². The molecule has 0 aliphatic carbocycles. The number of hydrogen-bond donors (Lipinski definition) is 2. The minimum absolute atomic E-state index is 0.137. The van der Waals surface area contributed by atoms with Crippen LogP contribution in [0.1, 0.15) is 12.8 Å². The summed E-state index contributed by atoms with van der Waals surface area (Å²) in [6.45, 7) is 2.11. The van der Waals surface area contributed by atoms with E-state index in [2.05, 4.69) is 16.1 Å². The van der Waals surface area contributed by atoms with Gasteiger partial charge in [0.15, 0.2) is 5.75 Å². The van der Waals surface area contributed by atoms with Crippen LogP contribution in [-0.2, 0) is 4.79 Å². The van der Waals surface area contributed by atoms with Gasteiger partial charge in [0.1, 0.15) is 0 Å². The van der Waals surface area contributed by atoms with Crippen molar-refractivity contribution in [3.8, 4) is 18.1 Å². The number of anilines is 1. The van der Waals surface area contributed by atoms with Crippen LogP contribution in [0, 0.1) is 28.4 Å². The Morgan fingerprint density at radius 3 is 2.77 bits per heavy atom. The van der Waals surface area contributed by atoms with Crippen LogP contribution < -0.4 is 5.32 Å². The Hall–Kier alpha value is -2.59. The monoisotopic (exact) mass is 303 g/mol. The highest BCUT2D eigenvalue weighted by molar-refractivity contribution is 5.93. The molecule has 1 saturated heterocycles. The number of aromatic hydroxyl groups is 1. The number of piperidine rings is 1. The highest BCUT2D eigenvalue weighted by atomic mass is 16.6. The van der Waals surface area contributed by atoms with Crippen molar-refractivity contribution in [1.82, 2.24) is 4.90 Å². The first-order chi connectivity index (χ1) is 10.5. The molecule has 2 N–H and O–H groups in total. The average molecular weight is 303 g/mol. The van der Waals surface area contributed by atoms with Crippen molar-refractivity contribution >= 4 is 17.3 Å². The molecule has 1 fully saturated rings. The second-order valence-electron chi connectivity index (χ2n) is 5.20. The third-order valence-corrected chi connectivity index (χ3v) is 3.71. The highest BCUT2D eigenvalue weighted by Gasteiger charge is 2.25. The van der Waals surface area contributed by atoms with Crippen molar-refractivity contribution in [2.24, 2.45) is 5.92 Å². The van der Waals surface area contributed by atoms with Crippen LogP contribution in [0.5, 0.6) is 5.75 Å². The first-order valence-electron chi connectivity index (χ1n) is 6.95. The van der Waals surface area contributed by atoms with E-state index in [0.29, 0.717) is 25.1 Å². The van der Waals surface area contributed by atoms with Crippen LogP contribution in [0.4, 0.5) is 11.4 Å². The van der Waals surface area contributed by atoms with Gasteiger partial charge < -0.3 is 10.4 Å². The number of carbonyl (C=O) groups excluding carboxylic acids is 1. The second kappa shape index (κ2) is 6.91. The van der Waals surface area contributed by atoms with Gasteiger partial charge in [-0.2, -0.15) is 0 Å². The van der Waals surface area contributed by atoms with Gasteiger partial charge in [-0.15, -0.1) is 6.42 Å². The summed E-state index contributed by atoms with van der Waals surface area (Å²) in [4.78, 5) is 24.4. The van der Waals surface area contributed by atoms with E-state index >= 15 is 0 Å². The van der Waals surface area contributed by atoms with Gasteiger partial charge in [0.2, 0.25) is 5.91 Å². The fourth-order valence-corrected chi connectivity index (χ4v) is 2.47. The maximum Gasteiger partial charge on any atom is 0.312 e. The maximum absolute atomic E-state index is 12.2. The second-order valence-corrected chi connectivity index (χ2v) is 5.20. The van der Waals surface area contributed by atoms with Crippen molar-refractivity contribution < 1.29 is 14.8 Å². The number of nitro benzene ring substituents is 1. The molecule has 116 valence electrons. The van der Waals surface area contributed by atoms with E-state index in [1.807, 2.05) is 0 Å². The first kappa shape index (κ1) is 15.8. The summed E-state index contributed by atoms with van der Waals surface area (Å²) in [6, 6.07) is 3.79. The number of hydrogen-bond acceptors (Lipinski definition) is 5. The molecule has 1 aromatic rings. The molecule has 0 aromatic heterocycles. The highest BCUT2D eigenvalue weighted by Crippen LogP contribution is 2.29. The third-order valence-electron chi connectivity index (χ3n) is 3.71. The van der Waals surface area contributed by atoms with Crippen LogP contribution >= 0.6 is 0 Å². The lowest BCUT2D eigenvalue weighted by Gasteiger charge is -2.29. The van der Waals surface area contributed by atoms with Gasteiger partial charge in [-0.05, 0) is 38.1 Å². The lowest BCUT2D eigenvalue weighted by molar-refractivity contribution is -0.385. The van der Waals surface area contributed by atoms with Gasteiger partial charge in [0.05, 0.1) is 11.5 Å². The zero-order valence-electron chi connectivity index (χ0n) is 12.0. The minimum atomic E-state index is -0.691. The normalized spacial score (nSPS) is 16.0. The van der Waals surface area contributed by atoms with Gasteiger partial charge in [-0.25, -0.2) is 0 Å².